The quantitative estimate of drug-likeness (QED) is 0.788. The lowest BCUT2D eigenvalue weighted by molar-refractivity contribution is 0.354. The van der Waals surface area contributed by atoms with Gasteiger partial charge in [0.05, 0.1) is 26.0 Å². The first-order valence-electron chi connectivity index (χ1n) is 7.92. The fraction of sp³-hybridized carbons (Fsp3) is 0.353. The first kappa shape index (κ1) is 18.0. The Balaban J connectivity index is 1.95. The van der Waals surface area contributed by atoms with Crippen LogP contribution in [0.2, 0.25) is 0 Å². The van der Waals surface area contributed by atoms with Crippen LogP contribution < -0.4 is 20.5 Å². The van der Waals surface area contributed by atoms with Gasteiger partial charge in [0.25, 0.3) is 5.56 Å². The molecule has 3 rings (SSSR count). The molecule has 0 bridgehead atoms. The number of benzene rings is 1. The Hall–Kier alpha value is -2.81. The monoisotopic (exact) mass is 376 g/mol. The van der Waals surface area contributed by atoms with Gasteiger partial charge in [0, 0.05) is 20.5 Å². The predicted octanol–water partition coefficient (Wildman–Crippen LogP) is 1.61. The second-order valence-electron chi connectivity index (χ2n) is 5.96. The highest BCUT2D eigenvalue weighted by Gasteiger charge is 2.27. The molecule has 0 fully saturated rings. The second kappa shape index (κ2) is 6.83. The Labute approximate surface area is 155 Å². The van der Waals surface area contributed by atoms with Gasteiger partial charge in [0.15, 0.2) is 16.3 Å². The Kier molecular flexibility index (Phi) is 4.73. The van der Waals surface area contributed by atoms with Gasteiger partial charge in [0.1, 0.15) is 5.56 Å². The molecule has 2 heterocycles. The number of nitrogens with one attached hydrogen (secondary N) is 1. The van der Waals surface area contributed by atoms with Gasteiger partial charge in [-0.25, -0.2) is 0 Å². The van der Waals surface area contributed by atoms with Crippen LogP contribution in [0.4, 0.5) is 0 Å². The number of nitrogens with zero attached hydrogens (tertiary/aromatic N) is 3. The van der Waals surface area contributed by atoms with E-state index in [1.54, 1.807) is 28.3 Å². The Morgan fingerprint density at radius 1 is 1.23 bits per heavy atom. The van der Waals surface area contributed by atoms with E-state index in [-0.39, 0.29) is 27.8 Å². The predicted molar refractivity (Wildman–Crippen MR) is 99.7 cm³/mol. The maximum Gasteiger partial charge on any atom is 0.267 e. The summed E-state index contributed by atoms with van der Waals surface area (Å²) < 4.78 is 13.5. The number of hydrogen-bond donors (Lipinski definition) is 2. The molecule has 2 aromatic rings. The molecule has 0 saturated heterocycles. The van der Waals surface area contributed by atoms with Crippen LogP contribution in [0.15, 0.2) is 28.1 Å². The van der Waals surface area contributed by atoms with Crippen molar-refractivity contribution in [1.82, 2.24) is 14.6 Å². The molecule has 0 unspecified atom stereocenters. The summed E-state index contributed by atoms with van der Waals surface area (Å²) in [6.45, 7) is 0. The van der Waals surface area contributed by atoms with E-state index in [1.165, 1.54) is 9.13 Å². The minimum absolute atomic E-state index is 0.151. The van der Waals surface area contributed by atoms with Gasteiger partial charge in [-0.2, -0.15) is 5.10 Å². The van der Waals surface area contributed by atoms with E-state index in [0.717, 1.165) is 5.56 Å². The van der Waals surface area contributed by atoms with Crippen LogP contribution in [0.3, 0.4) is 0 Å². The van der Waals surface area contributed by atoms with Crippen LogP contribution in [0.5, 0.6) is 17.4 Å². The van der Waals surface area contributed by atoms with E-state index in [2.05, 4.69) is 10.5 Å². The normalized spacial score (nSPS) is 16.2. The first-order chi connectivity index (χ1) is 12.4. The topological polar surface area (TPSA) is 90.0 Å². The molecule has 1 aliphatic heterocycles. The average molecular weight is 376 g/mol. The third-order valence-corrected chi connectivity index (χ3v) is 5.03. The zero-order valence-corrected chi connectivity index (χ0v) is 15.8. The van der Waals surface area contributed by atoms with Crippen molar-refractivity contribution in [3.63, 3.8) is 0 Å². The van der Waals surface area contributed by atoms with E-state index in [9.17, 15) is 9.90 Å². The molecular weight excluding hydrogens is 356 g/mol. The molecule has 1 aliphatic rings. The molecule has 26 heavy (non-hydrogen) atoms. The van der Waals surface area contributed by atoms with Crippen LogP contribution in [-0.2, 0) is 14.1 Å². The molecule has 0 aliphatic carbocycles. The molecule has 0 amide bonds. The number of hydrazone groups is 1. The third-order valence-electron chi connectivity index (χ3n) is 4.49. The van der Waals surface area contributed by atoms with Crippen LogP contribution in [0.25, 0.3) is 0 Å². The highest BCUT2D eigenvalue weighted by Crippen LogP contribution is 2.33. The summed E-state index contributed by atoms with van der Waals surface area (Å²) in [4.78, 5) is 12.6. The summed E-state index contributed by atoms with van der Waals surface area (Å²) >= 11 is 5.14. The van der Waals surface area contributed by atoms with Crippen LogP contribution >= 0.6 is 12.2 Å². The minimum atomic E-state index is -0.376. The molecule has 2 N–H and O–H groups in total. The van der Waals surface area contributed by atoms with E-state index < -0.39 is 0 Å². The van der Waals surface area contributed by atoms with Gasteiger partial charge in [-0.15, -0.1) is 0 Å². The fourth-order valence-corrected chi connectivity index (χ4v) is 3.12. The van der Waals surface area contributed by atoms with Gasteiger partial charge in [-0.05, 0) is 29.9 Å². The van der Waals surface area contributed by atoms with Crippen molar-refractivity contribution in [1.29, 1.82) is 0 Å². The molecule has 0 saturated carbocycles. The first-order valence-corrected chi connectivity index (χ1v) is 8.33. The molecule has 8 nitrogen and oxygen atoms in total. The van der Waals surface area contributed by atoms with Crippen molar-refractivity contribution in [3.8, 4) is 17.4 Å². The summed E-state index contributed by atoms with van der Waals surface area (Å²) in [5.74, 6) is 1.06. The number of aromatic hydroxyl groups is 1. The van der Waals surface area contributed by atoms with Crippen LogP contribution in [0.1, 0.15) is 23.6 Å². The lowest BCUT2D eigenvalue weighted by atomic mass is 9.99. The smallest absolute Gasteiger partial charge is 0.267 e. The Bertz CT molecular complexity index is 1010. The molecule has 0 spiro atoms. The van der Waals surface area contributed by atoms with Crippen molar-refractivity contribution in [3.05, 3.63) is 44.5 Å². The van der Waals surface area contributed by atoms with Crippen LogP contribution in [-0.4, -0.2) is 34.2 Å². The number of rotatable bonds is 4. The summed E-state index contributed by atoms with van der Waals surface area (Å²) in [6.07, 6.45) is 0.440. The lowest BCUT2D eigenvalue weighted by Crippen LogP contribution is -2.28. The van der Waals surface area contributed by atoms with Crippen molar-refractivity contribution in [2.75, 3.05) is 14.2 Å². The highest BCUT2D eigenvalue weighted by molar-refractivity contribution is 7.71. The second-order valence-corrected chi connectivity index (χ2v) is 6.33. The Morgan fingerprint density at radius 2 is 1.92 bits per heavy atom. The maximum absolute atomic E-state index is 12.6. The van der Waals surface area contributed by atoms with Gasteiger partial charge >= 0.3 is 0 Å². The van der Waals surface area contributed by atoms with Crippen LogP contribution in [0, 0.1) is 4.77 Å². The van der Waals surface area contributed by atoms with Gasteiger partial charge < -0.3 is 20.0 Å². The van der Waals surface area contributed by atoms with Crippen molar-refractivity contribution in [2.24, 2.45) is 19.2 Å². The molecule has 1 aromatic heterocycles. The zero-order chi connectivity index (χ0) is 19.0. The third kappa shape index (κ3) is 2.84. The maximum atomic E-state index is 12.6. The molecule has 1 atom stereocenters. The molecule has 9 heteroatoms. The number of hydrogen-bond acceptors (Lipinski definition) is 7. The zero-order valence-electron chi connectivity index (χ0n) is 14.9. The molecular formula is C17H20N4O4S. The summed E-state index contributed by atoms with van der Waals surface area (Å²) in [5, 5.41) is 14.7. The summed E-state index contributed by atoms with van der Waals surface area (Å²) in [6, 6.07) is 5.43. The molecule has 0 radical (unpaired) electrons. The lowest BCUT2D eigenvalue weighted by Gasteiger charge is -2.14. The summed E-state index contributed by atoms with van der Waals surface area (Å²) in [5.41, 5.74) is 4.20. The van der Waals surface area contributed by atoms with Crippen molar-refractivity contribution in [2.45, 2.75) is 12.5 Å². The largest absolute Gasteiger partial charge is 0.494 e. The van der Waals surface area contributed by atoms with E-state index in [0.29, 0.717) is 23.6 Å². The van der Waals surface area contributed by atoms with E-state index in [4.69, 9.17) is 21.7 Å². The van der Waals surface area contributed by atoms with Gasteiger partial charge in [0.2, 0.25) is 5.88 Å². The van der Waals surface area contributed by atoms with Gasteiger partial charge in [-0.3, -0.25) is 13.9 Å². The number of ether oxygens (including phenoxy) is 2. The standard InChI is InChI=1S/C17H20N4O4S/c1-20-15(22)14(16(23)21(2)17(20)26)11-8-10(18-19-11)9-5-6-12(24-3)13(7-9)25-4/h5-7,10,18,22H,8H2,1-4H3/t10-/m1/s1. The van der Waals surface area contributed by atoms with Gasteiger partial charge in [-0.1, -0.05) is 6.07 Å². The van der Waals surface area contributed by atoms with Crippen molar-refractivity contribution >= 4 is 17.9 Å². The minimum Gasteiger partial charge on any atom is -0.494 e. The molecule has 138 valence electrons. The average Bonchev–Trinajstić information content (AvgIpc) is 3.14. The summed E-state index contributed by atoms with van der Waals surface area (Å²) in [7, 11) is 6.33. The number of methoxy groups -OCH3 is 2. The Morgan fingerprint density at radius 3 is 2.58 bits per heavy atom. The number of aromatic nitrogens is 2. The molecule has 1 aromatic carbocycles. The van der Waals surface area contributed by atoms with E-state index >= 15 is 0 Å². The highest BCUT2D eigenvalue weighted by atomic mass is 32.1. The van der Waals surface area contributed by atoms with Crippen molar-refractivity contribution < 1.29 is 14.6 Å². The van der Waals surface area contributed by atoms with E-state index in [1.807, 2.05) is 18.2 Å². The fourth-order valence-electron chi connectivity index (χ4n) is 2.95. The SMILES string of the molecule is COc1ccc([C@H]2CC(c3c(O)n(C)c(=S)n(C)c3=O)=NN2)cc1OC.